The van der Waals surface area contributed by atoms with Gasteiger partial charge in [-0.1, -0.05) is 25.3 Å². The molecule has 1 aromatic carbocycles. The van der Waals surface area contributed by atoms with E-state index in [1.54, 1.807) is 0 Å². The Morgan fingerprint density at radius 3 is 2.47 bits per heavy atom. The van der Waals surface area contributed by atoms with Gasteiger partial charge < -0.3 is 15.2 Å². The fourth-order valence-electron chi connectivity index (χ4n) is 3.53. The second-order valence-electron chi connectivity index (χ2n) is 5.98. The molecule has 0 atom stereocenters. The summed E-state index contributed by atoms with van der Waals surface area (Å²) < 4.78 is 11.4. The number of hydrogen-bond donors (Lipinski definition) is 1. The van der Waals surface area contributed by atoms with E-state index in [0.717, 1.165) is 11.5 Å². The van der Waals surface area contributed by atoms with Gasteiger partial charge in [-0.05, 0) is 37.8 Å². The Balaban J connectivity index is 2.14. The molecule has 0 unspecified atom stereocenters. The number of hydrogen-bond acceptors (Lipinski definition) is 3. The third kappa shape index (κ3) is 1.91. The van der Waals surface area contributed by atoms with E-state index >= 15 is 0 Å². The molecule has 0 amide bonds. The molecule has 0 spiro atoms. The molecule has 0 saturated heterocycles. The molecule has 2 aliphatic rings. The monoisotopic (exact) mass is 261 g/mol. The van der Waals surface area contributed by atoms with Crippen molar-refractivity contribution in [1.29, 1.82) is 0 Å². The van der Waals surface area contributed by atoms with E-state index < -0.39 is 0 Å². The van der Waals surface area contributed by atoms with Crippen LogP contribution in [-0.2, 0) is 5.41 Å². The molecular weight excluding hydrogens is 238 g/mol. The number of fused-ring (bicyclic) bond motifs is 1. The van der Waals surface area contributed by atoms with Crippen molar-refractivity contribution in [3.63, 3.8) is 0 Å². The zero-order chi connectivity index (χ0) is 13.5. The summed E-state index contributed by atoms with van der Waals surface area (Å²) in [4.78, 5) is 0. The molecule has 19 heavy (non-hydrogen) atoms. The lowest BCUT2D eigenvalue weighted by Gasteiger charge is -2.37. The largest absolute Gasteiger partial charge is 0.453 e. The van der Waals surface area contributed by atoms with E-state index in [1.807, 2.05) is 0 Å². The standard InChI is InChI=1S/C16H23NO2/c1-11-8-13(15-14(12(11)2)18-10-19-15)16(9-17)6-4-3-5-7-16/h8H,3-7,9-10,17H2,1-2H3. The summed E-state index contributed by atoms with van der Waals surface area (Å²) in [5, 5.41) is 0. The molecule has 2 N–H and O–H groups in total. The summed E-state index contributed by atoms with van der Waals surface area (Å²) in [7, 11) is 0. The average molecular weight is 261 g/mol. The van der Waals surface area contributed by atoms with Crippen LogP contribution in [-0.4, -0.2) is 13.3 Å². The van der Waals surface area contributed by atoms with Crippen LogP contribution < -0.4 is 15.2 Å². The minimum atomic E-state index is 0.0918. The highest BCUT2D eigenvalue weighted by atomic mass is 16.7. The molecule has 0 radical (unpaired) electrons. The summed E-state index contributed by atoms with van der Waals surface area (Å²) in [5.41, 5.74) is 10.00. The van der Waals surface area contributed by atoms with Gasteiger partial charge in [0.05, 0.1) is 0 Å². The van der Waals surface area contributed by atoms with Crippen LogP contribution in [0.3, 0.4) is 0 Å². The van der Waals surface area contributed by atoms with Gasteiger partial charge in [0.25, 0.3) is 0 Å². The highest BCUT2D eigenvalue weighted by molar-refractivity contribution is 5.58. The van der Waals surface area contributed by atoms with Crippen LogP contribution in [0, 0.1) is 13.8 Å². The zero-order valence-electron chi connectivity index (χ0n) is 11.9. The van der Waals surface area contributed by atoms with Crippen LogP contribution >= 0.6 is 0 Å². The van der Waals surface area contributed by atoms with Crippen LogP contribution in [0.15, 0.2) is 6.07 Å². The van der Waals surface area contributed by atoms with Crippen LogP contribution in [0.2, 0.25) is 0 Å². The molecule has 3 nitrogen and oxygen atoms in total. The maximum Gasteiger partial charge on any atom is 0.231 e. The van der Waals surface area contributed by atoms with Crippen molar-refractivity contribution >= 4 is 0 Å². The molecule has 104 valence electrons. The number of ether oxygens (including phenoxy) is 2. The van der Waals surface area contributed by atoms with Gasteiger partial charge in [0, 0.05) is 17.5 Å². The summed E-state index contributed by atoms with van der Waals surface area (Å²) in [6.07, 6.45) is 6.19. The van der Waals surface area contributed by atoms with E-state index in [-0.39, 0.29) is 5.41 Å². The first kappa shape index (κ1) is 12.8. The van der Waals surface area contributed by atoms with Gasteiger partial charge in [-0.15, -0.1) is 0 Å². The van der Waals surface area contributed by atoms with Crippen molar-refractivity contribution in [1.82, 2.24) is 0 Å². The Bertz CT molecular complexity index is 490. The Morgan fingerprint density at radius 1 is 1.11 bits per heavy atom. The van der Waals surface area contributed by atoms with Crippen molar-refractivity contribution in [3.8, 4) is 11.5 Å². The molecule has 1 aliphatic heterocycles. The molecule has 1 heterocycles. The quantitative estimate of drug-likeness (QED) is 0.889. The number of aryl methyl sites for hydroxylation is 1. The molecule has 3 rings (SSSR count). The molecule has 1 aromatic rings. The first-order valence-corrected chi connectivity index (χ1v) is 7.28. The fraction of sp³-hybridized carbons (Fsp3) is 0.625. The molecule has 3 heteroatoms. The Kier molecular flexibility index (Phi) is 3.17. The number of benzene rings is 1. The summed E-state index contributed by atoms with van der Waals surface area (Å²) >= 11 is 0. The highest BCUT2D eigenvalue weighted by Gasteiger charge is 2.38. The summed E-state index contributed by atoms with van der Waals surface area (Å²) in [6.45, 7) is 5.29. The van der Waals surface area contributed by atoms with E-state index in [4.69, 9.17) is 15.2 Å². The van der Waals surface area contributed by atoms with Gasteiger partial charge in [0.2, 0.25) is 6.79 Å². The minimum absolute atomic E-state index is 0.0918. The maximum atomic E-state index is 6.16. The maximum absolute atomic E-state index is 6.16. The third-order valence-electron chi connectivity index (χ3n) is 4.92. The van der Waals surface area contributed by atoms with Crippen molar-refractivity contribution in [2.45, 2.75) is 51.4 Å². The third-order valence-corrected chi connectivity index (χ3v) is 4.92. The number of nitrogens with two attached hydrogens (primary N) is 1. The average Bonchev–Trinajstić information content (AvgIpc) is 2.93. The van der Waals surface area contributed by atoms with Crippen molar-refractivity contribution < 1.29 is 9.47 Å². The minimum Gasteiger partial charge on any atom is -0.453 e. The zero-order valence-corrected chi connectivity index (χ0v) is 11.9. The van der Waals surface area contributed by atoms with Gasteiger partial charge in [0.15, 0.2) is 11.5 Å². The van der Waals surface area contributed by atoms with Crippen molar-refractivity contribution in [2.24, 2.45) is 5.73 Å². The van der Waals surface area contributed by atoms with Crippen LogP contribution in [0.25, 0.3) is 0 Å². The van der Waals surface area contributed by atoms with E-state index in [9.17, 15) is 0 Å². The molecular formula is C16H23NO2. The highest BCUT2D eigenvalue weighted by Crippen LogP contribution is 2.49. The normalized spacial score (nSPS) is 20.6. The summed E-state index contributed by atoms with van der Waals surface area (Å²) in [5.74, 6) is 1.89. The first-order valence-electron chi connectivity index (χ1n) is 7.28. The Morgan fingerprint density at radius 2 is 1.79 bits per heavy atom. The van der Waals surface area contributed by atoms with Gasteiger partial charge in [-0.25, -0.2) is 0 Å². The second kappa shape index (κ2) is 4.71. The van der Waals surface area contributed by atoms with Crippen molar-refractivity contribution in [2.75, 3.05) is 13.3 Å². The molecule has 0 aromatic heterocycles. The lowest BCUT2D eigenvalue weighted by Crippen LogP contribution is -2.37. The smallest absolute Gasteiger partial charge is 0.231 e. The van der Waals surface area contributed by atoms with Crippen LogP contribution in [0.5, 0.6) is 11.5 Å². The van der Waals surface area contributed by atoms with Crippen LogP contribution in [0.1, 0.15) is 48.8 Å². The van der Waals surface area contributed by atoms with E-state index in [1.165, 1.54) is 48.8 Å². The second-order valence-corrected chi connectivity index (χ2v) is 5.98. The molecule has 1 aliphatic carbocycles. The molecule has 1 saturated carbocycles. The van der Waals surface area contributed by atoms with Gasteiger partial charge in [-0.3, -0.25) is 0 Å². The lowest BCUT2D eigenvalue weighted by atomic mass is 9.68. The molecule has 1 fully saturated rings. The van der Waals surface area contributed by atoms with Crippen molar-refractivity contribution in [3.05, 3.63) is 22.8 Å². The number of rotatable bonds is 2. The van der Waals surface area contributed by atoms with Gasteiger partial charge in [-0.2, -0.15) is 0 Å². The topological polar surface area (TPSA) is 44.5 Å². The van der Waals surface area contributed by atoms with Gasteiger partial charge >= 0.3 is 0 Å². The Labute approximate surface area is 115 Å². The SMILES string of the molecule is Cc1cc(C2(CN)CCCCC2)c2c(c1C)OCO2. The fourth-order valence-corrected chi connectivity index (χ4v) is 3.53. The first-order chi connectivity index (χ1) is 9.18. The summed E-state index contributed by atoms with van der Waals surface area (Å²) in [6, 6.07) is 2.28. The van der Waals surface area contributed by atoms with Crippen LogP contribution in [0.4, 0.5) is 0 Å². The lowest BCUT2D eigenvalue weighted by molar-refractivity contribution is 0.170. The molecule has 0 bridgehead atoms. The predicted octanol–water partition coefficient (Wildman–Crippen LogP) is 3.19. The van der Waals surface area contributed by atoms with E-state index in [2.05, 4.69) is 19.9 Å². The predicted molar refractivity (Wildman–Crippen MR) is 75.9 cm³/mol. The van der Waals surface area contributed by atoms with Gasteiger partial charge in [0.1, 0.15) is 0 Å². The Hall–Kier alpha value is -1.22. The van der Waals surface area contributed by atoms with E-state index in [0.29, 0.717) is 13.3 Å².